The van der Waals surface area contributed by atoms with Crippen molar-refractivity contribution in [3.05, 3.63) is 23.9 Å². The number of anilines is 1. The Hall–Kier alpha value is -2.76. The van der Waals surface area contributed by atoms with Crippen LogP contribution in [-0.4, -0.2) is 97.5 Å². The predicted molar refractivity (Wildman–Crippen MR) is 112 cm³/mol. The highest BCUT2D eigenvalue weighted by molar-refractivity contribution is 5.97. The minimum atomic E-state index is -1.18. The number of ether oxygens (including phenoxy) is 2. The normalized spacial score (nSPS) is 18.4. The van der Waals surface area contributed by atoms with E-state index in [9.17, 15) is 19.5 Å². The molecule has 3 amide bonds. The monoisotopic (exact) mass is 437 g/mol. The number of nitrogens with two attached hydrogens (primary N) is 1. The number of hydrogen-bond acceptors (Lipinski definition) is 8. The smallest absolute Gasteiger partial charge is 0.253 e. The first-order valence-electron chi connectivity index (χ1n) is 10.1. The lowest BCUT2D eigenvalue weighted by Crippen LogP contribution is -2.55. The molecule has 31 heavy (non-hydrogen) atoms. The molecule has 2 heterocycles. The van der Waals surface area contributed by atoms with Gasteiger partial charge in [0, 0.05) is 39.0 Å². The Morgan fingerprint density at radius 3 is 2.61 bits per heavy atom. The van der Waals surface area contributed by atoms with Crippen molar-refractivity contribution in [3.63, 3.8) is 0 Å². The molecule has 1 saturated heterocycles. The van der Waals surface area contributed by atoms with Crippen LogP contribution in [-0.2, 0) is 19.1 Å². The SMILES string of the molecule is COCCOCC(=O)N1CCN(c2ccc(C(=O)NC(C(N)=O)C(C)O)cn2)CC1C. The third-order valence-electron chi connectivity index (χ3n) is 5.01. The van der Waals surface area contributed by atoms with Crippen LogP contribution in [0.1, 0.15) is 24.2 Å². The fourth-order valence-corrected chi connectivity index (χ4v) is 3.28. The molecule has 0 saturated carbocycles. The molecule has 1 aliphatic heterocycles. The lowest BCUT2D eigenvalue weighted by molar-refractivity contribution is -0.139. The van der Waals surface area contributed by atoms with E-state index >= 15 is 0 Å². The van der Waals surface area contributed by atoms with E-state index in [0.29, 0.717) is 38.7 Å². The van der Waals surface area contributed by atoms with Crippen LogP contribution in [0.2, 0.25) is 0 Å². The fourth-order valence-electron chi connectivity index (χ4n) is 3.28. The van der Waals surface area contributed by atoms with Gasteiger partial charge in [0.1, 0.15) is 18.5 Å². The summed E-state index contributed by atoms with van der Waals surface area (Å²) in [4.78, 5) is 44.1. The van der Waals surface area contributed by atoms with Crippen molar-refractivity contribution in [1.82, 2.24) is 15.2 Å². The quantitative estimate of drug-likeness (QED) is 0.385. The van der Waals surface area contributed by atoms with E-state index in [1.54, 1.807) is 24.1 Å². The number of carbonyl (C=O) groups is 3. The Morgan fingerprint density at radius 1 is 1.32 bits per heavy atom. The van der Waals surface area contributed by atoms with Crippen LogP contribution in [0.3, 0.4) is 0 Å². The van der Waals surface area contributed by atoms with E-state index in [1.807, 2.05) is 11.8 Å². The molecule has 0 radical (unpaired) electrons. The molecule has 3 unspecified atom stereocenters. The molecule has 11 heteroatoms. The fraction of sp³-hybridized carbons (Fsp3) is 0.600. The van der Waals surface area contributed by atoms with Crippen LogP contribution in [0.4, 0.5) is 5.82 Å². The number of hydrogen-bond donors (Lipinski definition) is 3. The first kappa shape index (κ1) is 24.5. The molecule has 3 atom stereocenters. The number of carbonyl (C=O) groups excluding carboxylic acids is 3. The van der Waals surface area contributed by atoms with E-state index in [4.69, 9.17) is 15.2 Å². The molecular formula is C20H31N5O6. The molecule has 1 aromatic heterocycles. The zero-order valence-corrected chi connectivity index (χ0v) is 18.1. The summed E-state index contributed by atoms with van der Waals surface area (Å²) >= 11 is 0. The number of methoxy groups -OCH3 is 1. The Bertz CT molecular complexity index is 757. The summed E-state index contributed by atoms with van der Waals surface area (Å²) in [6.45, 7) is 5.89. The lowest BCUT2D eigenvalue weighted by atomic mass is 10.1. The van der Waals surface area contributed by atoms with Gasteiger partial charge in [0.2, 0.25) is 11.8 Å². The van der Waals surface area contributed by atoms with E-state index < -0.39 is 24.0 Å². The maximum absolute atomic E-state index is 12.3. The molecule has 0 bridgehead atoms. The molecule has 172 valence electrons. The summed E-state index contributed by atoms with van der Waals surface area (Å²) < 4.78 is 10.2. The van der Waals surface area contributed by atoms with Gasteiger partial charge in [-0.2, -0.15) is 0 Å². The maximum Gasteiger partial charge on any atom is 0.253 e. The van der Waals surface area contributed by atoms with Crippen LogP contribution in [0.25, 0.3) is 0 Å². The van der Waals surface area contributed by atoms with Crippen LogP contribution in [0.15, 0.2) is 18.3 Å². The molecule has 2 rings (SSSR count). The van der Waals surface area contributed by atoms with Crippen LogP contribution >= 0.6 is 0 Å². The third kappa shape index (κ3) is 6.88. The minimum absolute atomic E-state index is 0.0223. The molecule has 1 fully saturated rings. The average molecular weight is 437 g/mol. The van der Waals surface area contributed by atoms with Gasteiger partial charge in [0.15, 0.2) is 0 Å². The first-order chi connectivity index (χ1) is 14.7. The molecular weight excluding hydrogens is 406 g/mol. The van der Waals surface area contributed by atoms with Gasteiger partial charge in [-0.1, -0.05) is 0 Å². The van der Waals surface area contributed by atoms with Crippen molar-refractivity contribution < 1.29 is 29.0 Å². The summed E-state index contributed by atoms with van der Waals surface area (Å²) in [5.41, 5.74) is 5.44. The number of rotatable bonds is 10. The average Bonchev–Trinajstić information content (AvgIpc) is 2.74. The largest absolute Gasteiger partial charge is 0.391 e. The van der Waals surface area contributed by atoms with Crippen molar-refractivity contribution in [3.8, 4) is 0 Å². The summed E-state index contributed by atoms with van der Waals surface area (Å²) in [6, 6.07) is 2.08. The summed E-state index contributed by atoms with van der Waals surface area (Å²) in [6.07, 6.45) is 0.288. The summed E-state index contributed by atoms with van der Waals surface area (Å²) in [7, 11) is 1.58. The number of aliphatic hydroxyl groups is 1. The van der Waals surface area contributed by atoms with Gasteiger partial charge in [-0.05, 0) is 26.0 Å². The van der Waals surface area contributed by atoms with Crippen molar-refractivity contribution in [1.29, 1.82) is 0 Å². The van der Waals surface area contributed by atoms with Gasteiger partial charge in [0.05, 0.1) is 24.9 Å². The Kier molecular flexibility index (Phi) is 9.16. The second kappa shape index (κ2) is 11.6. The number of pyridine rings is 1. The minimum Gasteiger partial charge on any atom is -0.391 e. The second-order valence-corrected chi connectivity index (χ2v) is 7.43. The summed E-state index contributed by atoms with van der Waals surface area (Å²) in [5.74, 6) is -0.765. The molecule has 0 aliphatic carbocycles. The van der Waals surface area contributed by atoms with Gasteiger partial charge in [0.25, 0.3) is 5.91 Å². The van der Waals surface area contributed by atoms with Gasteiger partial charge >= 0.3 is 0 Å². The first-order valence-corrected chi connectivity index (χ1v) is 10.1. The number of primary amides is 1. The van der Waals surface area contributed by atoms with Crippen LogP contribution in [0.5, 0.6) is 0 Å². The number of nitrogens with zero attached hydrogens (tertiary/aromatic N) is 3. The number of amides is 3. The highest BCUT2D eigenvalue weighted by Crippen LogP contribution is 2.18. The number of aliphatic hydroxyl groups excluding tert-OH is 1. The topological polar surface area (TPSA) is 147 Å². The third-order valence-corrected chi connectivity index (χ3v) is 5.01. The zero-order chi connectivity index (χ0) is 23.0. The highest BCUT2D eigenvalue weighted by atomic mass is 16.5. The Labute approximate surface area is 181 Å². The Balaban J connectivity index is 1.92. The van der Waals surface area contributed by atoms with E-state index in [-0.39, 0.29) is 24.1 Å². The molecule has 11 nitrogen and oxygen atoms in total. The number of piperazine rings is 1. The molecule has 1 aromatic rings. The predicted octanol–water partition coefficient (Wildman–Crippen LogP) is -1.25. The van der Waals surface area contributed by atoms with Gasteiger partial charge in [-0.15, -0.1) is 0 Å². The Morgan fingerprint density at radius 2 is 2.06 bits per heavy atom. The van der Waals surface area contributed by atoms with Crippen molar-refractivity contribution >= 4 is 23.5 Å². The van der Waals surface area contributed by atoms with Gasteiger partial charge < -0.3 is 35.4 Å². The molecule has 0 spiro atoms. The standard InChI is InChI=1S/C20H31N5O6/c1-13-11-24(6-7-25(13)17(27)12-31-9-8-30-3)16-5-4-15(10-22-16)20(29)23-18(14(2)26)19(21)28/h4-5,10,13-14,18,26H,6-9,11-12H2,1-3H3,(H2,21,28)(H,23,29). The highest BCUT2D eigenvalue weighted by Gasteiger charge is 2.28. The number of aromatic nitrogens is 1. The molecule has 0 aromatic carbocycles. The maximum atomic E-state index is 12.3. The van der Waals surface area contributed by atoms with Crippen molar-refractivity contribution in [2.45, 2.75) is 32.0 Å². The second-order valence-electron chi connectivity index (χ2n) is 7.43. The zero-order valence-electron chi connectivity index (χ0n) is 18.1. The van der Waals surface area contributed by atoms with Gasteiger partial charge in [-0.3, -0.25) is 14.4 Å². The molecule has 4 N–H and O–H groups in total. The van der Waals surface area contributed by atoms with Crippen LogP contribution < -0.4 is 16.0 Å². The van der Waals surface area contributed by atoms with Crippen LogP contribution in [0, 0.1) is 0 Å². The van der Waals surface area contributed by atoms with E-state index in [1.165, 1.54) is 13.1 Å². The van der Waals surface area contributed by atoms with Gasteiger partial charge in [-0.25, -0.2) is 4.98 Å². The van der Waals surface area contributed by atoms with Crippen molar-refractivity contribution in [2.24, 2.45) is 5.73 Å². The summed E-state index contributed by atoms with van der Waals surface area (Å²) in [5, 5.41) is 12.0. The van der Waals surface area contributed by atoms with E-state index in [2.05, 4.69) is 10.3 Å². The number of nitrogens with one attached hydrogen (secondary N) is 1. The lowest BCUT2D eigenvalue weighted by Gasteiger charge is -2.40. The van der Waals surface area contributed by atoms with E-state index in [0.717, 1.165) is 0 Å². The van der Waals surface area contributed by atoms with Crippen molar-refractivity contribution in [2.75, 3.05) is 51.5 Å². The molecule has 1 aliphatic rings.